The number of nitrogens with zero attached hydrogens (tertiary/aromatic N) is 2. The van der Waals surface area contributed by atoms with E-state index in [0.29, 0.717) is 23.7 Å². The molecule has 1 heterocycles. The number of nitrogens with one attached hydrogen (secondary N) is 2. The minimum Gasteiger partial charge on any atom is -0.352 e. The van der Waals surface area contributed by atoms with E-state index in [9.17, 15) is 13.2 Å². The molecule has 0 unspecified atom stereocenters. The SMILES string of the molecule is Cc1ccc(-c2noc(CCC(=O)NCc3cccc(S(=O)(=O)NC(C)C)c3)n2)cc1. The number of carbonyl (C=O) groups excluding carboxylic acids is 1. The number of amides is 1. The van der Waals surface area contributed by atoms with Crippen LogP contribution in [0.3, 0.4) is 0 Å². The third-order valence-electron chi connectivity index (χ3n) is 4.43. The maximum absolute atomic E-state index is 12.3. The zero-order valence-electron chi connectivity index (χ0n) is 17.8. The van der Waals surface area contributed by atoms with Crippen LogP contribution in [0.1, 0.15) is 37.3 Å². The first-order chi connectivity index (χ1) is 14.7. The molecule has 0 atom stereocenters. The summed E-state index contributed by atoms with van der Waals surface area (Å²) in [7, 11) is -3.58. The zero-order valence-corrected chi connectivity index (χ0v) is 18.6. The topological polar surface area (TPSA) is 114 Å². The first-order valence-corrected chi connectivity index (χ1v) is 11.5. The van der Waals surface area contributed by atoms with Gasteiger partial charge in [0, 0.05) is 31.0 Å². The third-order valence-corrected chi connectivity index (χ3v) is 6.09. The minimum absolute atomic E-state index is 0.169. The zero-order chi connectivity index (χ0) is 22.4. The van der Waals surface area contributed by atoms with Crippen molar-refractivity contribution in [2.24, 2.45) is 0 Å². The number of hydrogen-bond donors (Lipinski definition) is 2. The molecule has 1 amide bonds. The molecular formula is C22H26N4O4S. The summed E-state index contributed by atoms with van der Waals surface area (Å²) in [6, 6.07) is 14.1. The van der Waals surface area contributed by atoms with Crippen molar-refractivity contribution < 1.29 is 17.7 Å². The molecule has 0 aliphatic carbocycles. The number of carbonyl (C=O) groups is 1. The first kappa shape index (κ1) is 22.6. The molecule has 0 aliphatic heterocycles. The molecule has 0 aliphatic rings. The summed E-state index contributed by atoms with van der Waals surface area (Å²) in [5.74, 6) is 0.686. The van der Waals surface area contributed by atoms with Crippen LogP contribution in [0, 0.1) is 6.92 Å². The van der Waals surface area contributed by atoms with Gasteiger partial charge in [0.15, 0.2) is 0 Å². The fourth-order valence-electron chi connectivity index (χ4n) is 2.89. The lowest BCUT2D eigenvalue weighted by Gasteiger charge is -2.11. The fraction of sp³-hybridized carbons (Fsp3) is 0.318. The molecule has 0 radical (unpaired) electrons. The van der Waals surface area contributed by atoms with Crippen molar-refractivity contribution in [2.75, 3.05) is 0 Å². The van der Waals surface area contributed by atoms with Gasteiger partial charge in [-0.2, -0.15) is 4.98 Å². The van der Waals surface area contributed by atoms with Gasteiger partial charge in [-0.1, -0.05) is 47.1 Å². The molecule has 8 nitrogen and oxygen atoms in total. The standard InChI is InChI=1S/C22H26N4O4S/c1-15(2)26-31(28,29)19-6-4-5-17(13-19)14-23-20(27)11-12-21-24-22(25-30-21)18-9-7-16(3)8-10-18/h4-10,13,15,26H,11-12,14H2,1-3H3,(H,23,27). The van der Waals surface area contributed by atoms with Crippen molar-refractivity contribution in [3.8, 4) is 11.4 Å². The molecule has 1 aromatic heterocycles. The van der Waals surface area contributed by atoms with E-state index >= 15 is 0 Å². The van der Waals surface area contributed by atoms with Gasteiger partial charge < -0.3 is 9.84 Å². The van der Waals surface area contributed by atoms with Crippen LogP contribution in [0.5, 0.6) is 0 Å². The van der Waals surface area contributed by atoms with Crippen molar-refractivity contribution in [3.63, 3.8) is 0 Å². The van der Waals surface area contributed by atoms with E-state index < -0.39 is 10.0 Å². The number of rotatable bonds is 9. The maximum atomic E-state index is 12.3. The van der Waals surface area contributed by atoms with Gasteiger partial charge in [0.25, 0.3) is 0 Å². The van der Waals surface area contributed by atoms with E-state index in [4.69, 9.17) is 4.52 Å². The van der Waals surface area contributed by atoms with Gasteiger partial charge in [-0.25, -0.2) is 13.1 Å². The van der Waals surface area contributed by atoms with E-state index in [1.165, 1.54) is 6.07 Å². The summed E-state index contributed by atoms with van der Waals surface area (Å²) < 4.78 is 32.4. The first-order valence-electron chi connectivity index (χ1n) is 10.0. The van der Waals surface area contributed by atoms with E-state index in [2.05, 4.69) is 20.2 Å². The second-order valence-electron chi connectivity index (χ2n) is 7.58. The van der Waals surface area contributed by atoms with Crippen molar-refractivity contribution >= 4 is 15.9 Å². The lowest BCUT2D eigenvalue weighted by atomic mass is 10.1. The van der Waals surface area contributed by atoms with E-state index in [1.807, 2.05) is 31.2 Å². The highest BCUT2D eigenvalue weighted by Crippen LogP contribution is 2.17. The highest BCUT2D eigenvalue weighted by Gasteiger charge is 2.16. The largest absolute Gasteiger partial charge is 0.352 e. The van der Waals surface area contributed by atoms with Gasteiger partial charge in [-0.05, 0) is 38.5 Å². The number of aromatic nitrogens is 2. The molecule has 2 N–H and O–H groups in total. The Bertz CT molecular complexity index is 1140. The average Bonchev–Trinajstić information content (AvgIpc) is 3.19. The van der Waals surface area contributed by atoms with Crippen LogP contribution in [-0.4, -0.2) is 30.5 Å². The van der Waals surface area contributed by atoms with Crippen LogP contribution in [0.2, 0.25) is 0 Å². The molecule has 2 aromatic carbocycles. The monoisotopic (exact) mass is 442 g/mol. The molecule has 9 heteroatoms. The van der Waals surface area contributed by atoms with Crippen LogP contribution in [0.4, 0.5) is 0 Å². The Labute approximate surface area is 182 Å². The molecule has 3 rings (SSSR count). The number of hydrogen-bond acceptors (Lipinski definition) is 6. The van der Waals surface area contributed by atoms with Gasteiger partial charge in [0.2, 0.25) is 27.6 Å². The van der Waals surface area contributed by atoms with Gasteiger partial charge >= 0.3 is 0 Å². The highest BCUT2D eigenvalue weighted by atomic mass is 32.2. The summed E-state index contributed by atoms with van der Waals surface area (Å²) in [5.41, 5.74) is 2.69. The van der Waals surface area contributed by atoms with Crippen molar-refractivity contribution in [1.29, 1.82) is 0 Å². The average molecular weight is 443 g/mol. The van der Waals surface area contributed by atoms with Crippen LogP contribution in [0.15, 0.2) is 57.9 Å². The van der Waals surface area contributed by atoms with Crippen LogP contribution >= 0.6 is 0 Å². The predicted octanol–water partition coefficient (Wildman–Crippen LogP) is 2.98. The summed E-state index contributed by atoms with van der Waals surface area (Å²) in [5, 5.41) is 6.75. The molecule has 0 saturated heterocycles. The van der Waals surface area contributed by atoms with Gasteiger partial charge in [0.05, 0.1) is 4.90 Å². The fourth-order valence-corrected chi connectivity index (χ4v) is 4.21. The smallest absolute Gasteiger partial charge is 0.240 e. The Morgan fingerprint density at radius 2 is 1.87 bits per heavy atom. The van der Waals surface area contributed by atoms with Crippen LogP contribution in [-0.2, 0) is 27.8 Å². The summed E-state index contributed by atoms with van der Waals surface area (Å²) in [6.45, 7) is 5.74. The number of benzene rings is 2. The maximum Gasteiger partial charge on any atom is 0.240 e. The molecule has 31 heavy (non-hydrogen) atoms. The van der Waals surface area contributed by atoms with Crippen LogP contribution in [0.25, 0.3) is 11.4 Å². The minimum atomic E-state index is -3.58. The Kier molecular flexibility index (Phi) is 7.19. The van der Waals surface area contributed by atoms with Crippen LogP contribution < -0.4 is 10.0 Å². The molecule has 0 spiro atoms. The third kappa shape index (κ3) is 6.47. The molecule has 0 saturated carbocycles. The molecule has 0 fully saturated rings. The van der Waals surface area contributed by atoms with E-state index in [-0.39, 0.29) is 29.8 Å². The van der Waals surface area contributed by atoms with E-state index in [0.717, 1.165) is 11.1 Å². The number of sulfonamides is 1. The summed E-state index contributed by atoms with van der Waals surface area (Å²) in [6.07, 6.45) is 0.500. The highest BCUT2D eigenvalue weighted by molar-refractivity contribution is 7.89. The van der Waals surface area contributed by atoms with Crippen molar-refractivity contribution in [2.45, 2.75) is 51.1 Å². The summed E-state index contributed by atoms with van der Waals surface area (Å²) in [4.78, 5) is 16.7. The lowest BCUT2D eigenvalue weighted by Crippen LogP contribution is -2.30. The van der Waals surface area contributed by atoms with Crippen molar-refractivity contribution in [3.05, 3.63) is 65.5 Å². The van der Waals surface area contributed by atoms with Gasteiger partial charge in [-0.15, -0.1) is 0 Å². The van der Waals surface area contributed by atoms with Gasteiger partial charge in [-0.3, -0.25) is 4.79 Å². The second kappa shape index (κ2) is 9.84. The molecule has 3 aromatic rings. The quantitative estimate of drug-likeness (QED) is 0.527. The second-order valence-corrected chi connectivity index (χ2v) is 9.29. The lowest BCUT2D eigenvalue weighted by molar-refractivity contribution is -0.121. The normalized spacial score (nSPS) is 11.6. The molecular weight excluding hydrogens is 416 g/mol. The van der Waals surface area contributed by atoms with E-state index in [1.54, 1.807) is 32.0 Å². The Balaban J connectivity index is 1.52. The Morgan fingerprint density at radius 1 is 1.13 bits per heavy atom. The van der Waals surface area contributed by atoms with Gasteiger partial charge in [0.1, 0.15) is 0 Å². The van der Waals surface area contributed by atoms with Crippen molar-refractivity contribution in [1.82, 2.24) is 20.2 Å². The Hall–Kier alpha value is -3.04. The predicted molar refractivity (Wildman–Crippen MR) is 117 cm³/mol. The molecule has 0 bridgehead atoms. The Morgan fingerprint density at radius 3 is 2.58 bits per heavy atom. The summed E-state index contributed by atoms with van der Waals surface area (Å²) >= 11 is 0. The molecule has 164 valence electrons. The number of aryl methyl sites for hydroxylation is 2.